The molecule has 2 aliphatic rings. The van der Waals surface area contributed by atoms with Crippen molar-refractivity contribution in [3.63, 3.8) is 0 Å². The summed E-state index contributed by atoms with van der Waals surface area (Å²) in [6.45, 7) is 8.44. The van der Waals surface area contributed by atoms with Crippen molar-refractivity contribution in [2.45, 2.75) is 26.3 Å². The van der Waals surface area contributed by atoms with Crippen molar-refractivity contribution in [3.05, 3.63) is 59.0 Å². The summed E-state index contributed by atoms with van der Waals surface area (Å²) >= 11 is 0. The fourth-order valence-electron chi connectivity index (χ4n) is 4.58. The Hall–Kier alpha value is -2.77. The second kappa shape index (κ2) is 9.16. The summed E-state index contributed by atoms with van der Waals surface area (Å²) in [5.41, 5.74) is 2.22. The molecule has 1 amide bonds. The van der Waals surface area contributed by atoms with Gasteiger partial charge in [-0.2, -0.15) is 0 Å². The van der Waals surface area contributed by atoms with Crippen molar-refractivity contribution in [3.8, 4) is 0 Å². The molecule has 2 aliphatic heterocycles. The predicted octanol–water partition coefficient (Wildman–Crippen LogP) is 1.15. The maximum Gasteiger partial charge on any atom is 0.291 e. The molecule has 0 bridgehead atoms. The average Bonchev–Trinajstić information content (AvgIpc) is 3.38. The number of rotatable bonds is 7. The minimum Gasteiger partial charge on any atom is -0.467 e. The van der Waals surface area contributed by atoms with E-state index in [2.05, 4.69) is 0 Å². The Balaban J connectivity index is 1.59. The lowest BCUT2D eigenvalue weighted by molar-refractivity contribution is -0.908. The molecule has 7 nitrogen and oxygen atoms in total. The first-order valence-electron chi connectivity index (χ1n) is 10.9. The molecule has 1 aromatic heterocycles. The van der Waals surface area contributed by atoms with Crippen LogP contribution in [0.1, 0.15) is 39.7 Å². The molecule has 3 heterocycles. The van der Waals surface area contributed by atoms with E-state index in [1.807, 2.05) is 26.0 Å². The van der Waals surface area contributed by atoms with Crippen LogP contribution in [0.25, 0.3) is 0 Å². The Morgan fingerprint density at radius 1 is 1.16 bits per heavy atom. The van der Waals surface area contributed by atoms with Gasteiger partial charge in [0.25, 0.3) is 5.91 Å². The highest BCUT2D eigenvalue weighted by Gasteiger charge is 2.52. The molecule has 0 saturated carbocycles. The summed E-state index contributed by atoms with van der Waals surface area (Å²) in [6, 6.07) is 8.34. The zero-order valence-corrected chi connectivity index (χ0v) is 18.1. The van der Waals surface area contributed by atoms with E-state index in [0.29, 0.717) is 17.9 Å². The van der Waals surface area contributed by atoms with Gasteiger partial charge in [-0.3, -0.25) is 14.4 Å². The number of aryl methyl sites for hydroxylation is 2. The van der Waals surface area contributed by atoms with E-state index in [0.717, 1.165) is 50.4 Å². The molecular formula is C24H29N2O5+. The van der Waals surface area contributed by atoms with Crippen LogP contribution in [0, 0.1) is 19.8 Å². The number of ether oxygens (including phenoxy) is 1. The molecule has 0 spiro atoms. The van der Waals surface area contributed by atoms with Gasteiger partial charge in [-0.15, -0.1) is 0 Å². The maximum absolute atomic E-state index is 13.5. The second-order valence-corrected chi connectivity index (χ2v) is 8.45. The third kappa shape index (κ3) is 4.34. The van der Waals surface area contributed by atoms with Crippen molar-refractivity contribution in [2.24, 2.45) is 5.92 Å². The average molecular weight is 426 g/mol. The van der Waals surface area contributed by atoms with E-state index in [9.17, 15) is 14.4 Å². The van der Waals surface area contributed by atoms with E-state index < -0.39 is 23.7 Å². The van der Waals surface area contributed by atoms with Crippen molar-refractivity contribution < 1.29 is 28.4 Å². The summed E-state index contributed by atoms with van der Waals surface area (Å²) in [4.78, 5) is 42.4. The molecule has 7 heteroatoms. The Kier molecular flexibility index (Phi) is 6.34. The van der Waals surface area contributed by atoms with Gasteiger partial charge in [0.1, 0.15) is 30.8 Å². The highest BCUT2D eigenvalue weighted by Crippen LogP contribution is 2.38. The molecular weight excluding hydrogens is 396 g/mol. The number of morpholine rings is 1. The Morgan fingerprint density at radius 3 is 2.65 bits per heavy atom. The van der Waals surface area contributed by atoms with Gasteiger partial charge in [0, 0.05) is 18.5 Å². The number of nitrogens with one attached hydrogen (secondary N) is 1. The molecule has 31 heavy (non-hydrogen) atoms. The van der Waals surface area contributed by atoms with Crippen LogP contribution in [-0.2, 0) is 14.3 Å². The highest BCUT2D eigenvalue weighted by atomic mass is 16.5. The topological polar surface area (TPSA) is 81.3 Å². The van der Waals surface area contributed by atoms with Crippen molar-refractivity contribution in [1.82, 2.24) is 4.90 Å². The lowest BCUT2D eigenvalue weighted by Crippen LogP contribution is -3.14. The Labute approximate surface area is 181 Å². The smallest absolute Gasteiger partial charge is 0.291 e. The van der Waals surface area contributed by atoms with E-state index in [4.69, 9.17) is 9.15 Å². The zero-order valence-electron chi connectivity index (χ0n) is 18.1. The van der Waals surface area contributed by atoms with Crippen LogP contribution in [-0.4, -0.2) is 61.8 Å². The lowest BCUT2D eigenvalue weighted by atomic mass is 9.86. The van der Waals surface area contributed by atoms with Crippen LogP contribution >= 0.6 is 0 Å². The van der Waals surface area contributed by atoms with E-state index >= 15 is 0 Å². The minimum absolute atomic E-state index is 0.317. The van der Waals surface area contributed by atoms with Crippen LogP contribution in [0.15, 0.2) is 41.0 Å². The number of hydrogen-bond donors (Lipinski definition) is 1. The van der Waals surface area contributed by atoms with E-state index in [1.54, 1.807) is 18.2 Å². The molecule has 2 aromatic rings. The van der Waals surface area contributed by atoms with Crippen LogP contribution in [0.4, 0.5) is 0 Å². The van der Waals surface area contributed by atoms with Gasteiger partial charge in [-0.05, 0) is 37.6 Å². The Morgan fingerprint density at radius 2 is 1.94 bits per heavy atom. The summed E-state index contributed by atoms with van der Waals surface area (Å²) < 4.78 is 11.0. The van der Waals surface area contributed by atoms with Crippen molar-refractivity contribution in [2.75, 3.05) is 39.4 Å². The molecule has 4 rings (SSSR count). The molecule has 1 N–H and O–H groups in total. The number of quaternary nitrogens is 1. The standard InChI is InChI=1S/C24H28N2O5/c1-16-6-7-17(2)18(15-16)22(27)20-21(19-5-3-12-31-19)26(24(29)23(20)28)9-4-8-25-10-13-30-14-11-25/h3,5-7,12,15,20-21H,4,8-11,13-14H2,1-2H3/p+1. The maximum atomic E-state index is 13.5. The van der Waals surface area contributed by atoms with Gasteiger partial charge < -0.3 is 19.0 Å². The van der Waals surface area contributed by atoms with Gasteiger partial charge in [-0.1, -0.05) is 17.7 Å². The van der Waals surface area contributed by atoms with Crippen LogP contribution < -0.4 is 4.90 Å². The van der Waals surface area contributed by atoms with E-state index in [-0.39, 0.29) is 5.78 Å². The lowest BCUT2D eigenvalue weighted by Gasteiger charge is -2.27. The van der Waals surface area contributed by atoms with Crippen molar-refractivity contribution in [1.29, 1.82) is 0 Å². The second-order valence-electron chi connectivity index (χ2n) is 8.45. The summed E-state index contributed by atoms with van der Waals surface area (Å²) in [5.74, 6) is -2.17. The molecule has 2 atom stereocenters. The van der Waals surface area contributed by atoms with Gasteiger partial charge in [0.05, 0.1) is 26.0 Å². The molecule has 2 unspecified atom stereocenters. The summed E-state index contributed by atoms with van der Waals surface area (Å²) in [5, 5.41) is 0. The fourth-order valence-corrected chi connectivity index (χ4v) is 4.58. The first-order chi connectivity index (χ1) is 15.0. The zero-order chi connectivity index (χ0) is 22.0. The number of nitrogens with zero attached hydrogens (tertiary/aromatic N) is 1. The number of likely N-dealkylation sites (tertiary alicyclic amines) is 1. The van der Waals surface area contributed by atoms with Gasteiger partial charge in [-0.25, -0.2) is 0 Å². The summed E-state index contributed by atoms with van der Waals surface area (Å²) in [6.07, 6.45) is 2.26. The first kappa shape index (κ1) is 21.5. The first-order valence-corrected chi connectivity index (χ1v) is 10.9. The molecule has 164 valence electrons. The molecule has 2 saturated heterocycles. The van der Waals surface area contributed by atoms with Gasteiger partial charge >= 0.3 is 0 Å². The molecule has 0 aliphatic carbocycles. The van der Waals surface area contributed by atoms with Crippen LogP contribution in [0.3, 0.4) is 0 Å². The molecule has 2 fully saturated rings. The monoisotopic (exact) mass is 425 g/mol. The quantitative estimate of drug-likeness (QED) is 0.409. The fraction of sp³-hybridized carbons (Fsp3) is 0.458. The number of furan rings is 1. The summed E-state index contributed by atoms with van der Waals surface area (Å²) in [7, 11) is 0. The molecule has 1 aromatic carbocycles. The van der Waals surface area contributed by atoms with Crippen LogP contribution in [0.5, 0.6) is 0 Å². The van der Waals surface area contributed by atoms with Crippen LogP contribution in [0.2, 0.25) is 0 Å². The number of Topliss-reactive ketones (excluding diaryl/α,β-unsaturated/α-hetero) is 2. The molecule has 0 radical (unpaired) electrons. The number of amides is 1. The highest BCUT2D eigenvalue weighted by molar-refractivity contribution is 6.44. The third-order valence-corrected chi connectivity index (χ3v) is 6.31. The third-order valence-electron chi connectivity index (χ3n) is 6.31. The minimum atomic E-state index is -1.09. The number of ketones is 2. The number of carbonyl (C=O) groups excluding carboxylic acids is 3. The number of hydrogen-bond acceptors (Lipinski definition) is 5. The normalized spacial score (nSPS) is 22.3. The SMILES string of the molecule is Cc1ccc(C)c(C(=O)C2C(=O)C(=O)N(CCC[NH+]3CCOCC3)C2c2ccco2)c1. The van der Waals surface area contributed by atoms with Crippen molar-refractivity contribution >= 4 is 17.5 Å². The predicted molar refractivity (Wildman–Crippen MR) is 113 cm³/mol. The largest absolute Gasteiger partial charge is 0.467 e. The van der Waals surface area contributed by atoms with E-state index in [1.165, 1.54) is 16.1 Å². The Bertz CT molecular complexity index is 962. The number of carbonyl (C=O) groups is 3. The van der Waals surface area contributed by atoms with Gasteiger partial charge in [0.2, 0.25) is 5.78 Å². The van der Waals surface area contributed by atoms with Gasteiger partial charge in [0.15, 0.2) is 5.78 Å². The number of benzene rings is 1.